The van der Waals surface area contributed by atoms with E-state index in [1.165, 1.54) is 10.8 Å². The fourth-order valence-corrected chi connectivity index (χ4v) is 5.25. The molecule has 0 spiro atoms. The molecule has 0 saturated carbocycles. The van der Waals surface area contributed by atoms with Crippen LogP contribution in [0.2, 0.25) is 0 Å². The van der Waals surface area contributed by atoms with Crippen molar-refractivity contribution in [3.8, 4) is 5.75 Å². The van der Waals surface area contributed by atoms with E-state index in [-0.39, 0.29) is 36.6 Å². The van der Waals surface area contributed by atoms with Crippen LogP contribution < -0.4 is 21.2 Å². The lowest BCUT2D eigenvalue weighted by Gasteiger charge is -2.36. The summed E-state index contributed by atoms with van der Waals surface area (Å²) in [7, 11) is 0. The number of halogens is 2. The van der Waals surface area contributed by atoms with Crippen molar-refractivity contribution in [2.75, 3.05) is 26.5 Å². The molecule has 1 aromatic carbocycles. The Bertz CT molecular complexity index is 1450. The van der Waals surface area contributed by atoms with Crippen LogP contribution in [0.5, 0.6) is 5.75 Å². The van der Waals surface area contributed by atoms with Gasteiger partial charge in [0.1, 0.15) is 23.4 Å². The Kier molecular flexibility index (Phi) is 7.38. The van der Waals surface area contributed by atoms with Gasteiger partial charge in [0.2, 0.25) is 18.0 Å². The molecule has 3 aliphatic heterocycles. The Hall–Kier alpha value is -4.53. The summed E-state index contributed by atoms with van der Waals surface area (Å²) in [4.78, 5) is 66.3. The number of carbonyl (C=O) groups is 4. The van der Waals surface area contributed by atoms with Gasteiger partial charge in [0.05, 0.1) is 6.54 Å². The molecule has 15 heteroatoms. The Morgan fingerprint density at radius 2 is 1.93 bits per heavy atom. The molecule has 212 valence electrons. The van der Waals surface area contributed by atoms with Crippen molar-refractivity contribution in [2.45, 2.75) is 38.1 Å². The molecule has 2 saturated heterocycles. The van der Waals surface area contributed by atoms with E-state index < -0.39 is 65.7 Å². The topological polar surface area (TPSA) is 163 Å². The van der Waals surface area contributed by atoms with Crippen LogP contribution in [0.3, 0.4) is 0 Å². The van der Waals surface area contributed by atoms with E-state index in [1.54, 1.807) is 4.90 Å². The summed E-state index contributed by atoms with van der Waals surface area (Å²) < 4.78 is 43.3. The van der Waals surface area contributed by atoms with E-state index in [0.29, 0.717) is 12.6 Å². The first-order valence-corrected chi connectivity index (χ1v) is 12.4. The number of hydrogen-bond acceptors (Lipinski definition) is 9. The van der Waals surface area contributed by atoms with Gasteiger partial charge in [-0.3, -0.25) is 24.1 Å². The molecular formula is C25H25F2N5O8. The summed E-state index contributed by atoms with van der Waals surface area (Å²) in [6.45, 7) is -0.455. The summed E-state index contributed by atoms with van der Waals surface area (Å²) in [6, 6.07) is 3.04. The normalized spacial score (nSPS) is 19.4. The summed E-state index contributed by atoms with van der Waals surface area (Å²) in [5.41, 5.74) is 3.39. The molecule has 0 bridgehead atoms. The minimum absolute atomic E-state index is 0.0102. The molecule has 2 atom stereocenters. The highest BCUT2D eigenvalue weighted by Crippen LogP contribution is 2.35. The number of nitrogens with one attached hydrogen (secondary N) is 1. The number of carbonyl (C=O) groups excluding carboxylic acids is 4. The van der Waals surface area contributed by atoms with Crippen molar-refractivity contribution in [3.63, 3.8) is 0 Å². The van der Waals surface area contributed by atoms with E-state index in [1.807, 2.05) is 0 Å². The summed E-state index contributed by atoms with van der Waals surface area (Å²) in [5, 5.41) is 2.42. The second-order valence-corrected chi connectivity index (χ2v) is 9.50. The minimum atomic E-state index is -1.31. The highest BCUT2D eigenvalue weighted by atomic mass is 19.1. The van der Waals surface area contributed by atoms with E-state index in [2.05, 4.69) is 15.0 Å². The summed E-state index contributed by atoms with van der Waals surface area (Å²) >= 11 is 0. The first-order valence-electron chi connectivity index (χ1n) is 12.4. The summed E-state index contributed by atoms with van der Waals surface area (Å²) in [6.07, 6.45) is 1.56. The van der Waals surface area contributed by atoms with Crippen LogP contribution >= 0.6 is 0 Å². The maximum absolute atomic E-state index is 14.0. The molecule has 3 amide bonds. The molecule has 2 unspecified atom stereocenters. The van der Waals surface area contributed by atoms with Gasteiger partial charge in [-0.15, -0.1) is 0 Å². The van der Waals surface area contributed by atoms with Crippen LogP contribution in [0.25, 0.3) is 0 Å². The molecule has 3 N–H and O–H groups in total. The Balaban J connectivity index is 1.42. The van der Waals surface area contributed by atoms with Crippen molar-refractivity contribution < 1.29 is 42.2 Å². The van der Waals surface area contributed by atoms with Crippen LogP contribution in [-0.2, 0) is 27.4 Å². The third-order valence-corrected chi connectivity index (χ3v) is 7.05. The molecule has 0 aliphatic carbocycles. The number of nitrogens with two attached hydrogens (primary N) is 1. The third kappa shape index (κ3) is 5.19. The van der Waals surface area contributed by atoms with Gasteiger partial charge in [-0.2, -0.15) is 0 Å². The molecule has 13 nitrogen and oxygen atoms in total. The predicted octanol–water partition coefficient (Wildman–Crippen LogP) is 0.291. The van der Waals surface area contributed by atoms with Gasteiger partial charge in [-0.25, -0.2) is 13.6 Å². The number of rotatable bonds is 8. The maximum atomic E-state index is 14.0. The van der Waals surface area contributed by atoms with E-state index >= 15 is 0 Å². The van der Waals surface area contributed by atoms with Crippen molar-refractivity contribution in [1.29, 1.82) is 0 Å². The standard InChI is InChI=1S/C25H25F2N5O8/c26-14-4-3-13(17(27)6-14)7-29-23(35)16-9-30-10-19-31-5-1-2-15(31)8-32(19)24(36)20(30)22(21(16)34)39-12-40-25(37)38-11-18(28)33/h3-4,6,9,15,19H,1-2,5,7-8,10-12H2,(H2,28,33)(H,29,35). The lowest BCUT2D eigenvalue weighted by atomic mass is 10.1. The van der Waals surface area contributed by atoms with E-state index in [9.17, 15) is 32.8 Å². The third-order valence-electron chi connectivity index (χ3n) is 7.05. The number of nitrogens with zero attached hydrogens (tertiary/aromatic N) is 3. The number of ether oxygens (including phenoxy) is 3. The SMILES string of the molecule is NC(=O)COC(=O)OCOc1c2n(cc(C(=O)NCc3ccc(F)cc3F)c1=O)CC1N(CC3CCCN31)C2=O. The summed E-state index contributed by atoms with van der Waals surface area (Å²) in [5.74, 6) is -4.49. The number of benzene rings is 1. The van der Waals surface area contributed by atoms with Crippen molar-refractivity contribution in [2.24, 2.45) is 5.73 Å². The molecule has 4 heterocycles. The number of primary amides is 1. The maximum Gasteiger partial charge on any atom is 0.511 e. The number of amides is 3. The van der Waals surface area contributed by atoms with E-state index in [4.69, 9.17) is 15.2 Å². The average molecular weight is 561 g/mol. The Morgan fingerprint density at radius 1 is 1.12 bits per heavy atom. The zero-order chi connectivity index (χ0) is 28.6. The second-order valence-electron chi connectivity index (χ2n) is 9.50. The van der Waals surface area contributed by atoms with Gasteiger partial charge in [-0.1, -0.05) is 6.07 Å². The molecule has 5 rings (SSSR count). The number of pyridine rings is 1. The number of hydrogen-bond donors (Lipinski definition) is 2. The highest BCUT2D eigenvalue weighted by Gasteiger charge is 2.48. The predicted molar refractivity (Wildman–Crippen MR) is 130 cm³/mol. The average Bonchev–Trinajstić information content (AvgIpc) is 3.50. The molecule has 2 aromatic rings. The second kappa shape index (κ2) is 10.9. The first kappa shape index (κ1) is 27.1. The molecular weight excluding hydrogens is 536 g/mol. The van der Waals surface area contributed by atoms with Crippen molar-refractivity contribution in [3.05, 3.63) is 63.1 Å². The first-order chi connectivity index (χ1) is 19.1. The largest absolute Gasteiger partial charge is 0.511 e. The van der Waals surface area contributed by atoms with Crippen LogP contribution in [-0.4, -0.2) is 76.9 Å². The van der Waals surface area contributed by atoms with Crippen molar-refractivity contribution in [1.82, 2.24) is 19.7 Å². The molecule has 3 aliphatic rings. The fraction of sp³-hybridized carbons (Fsp3) is 0.400. The van der Waals surface area contributed by atoms with E-state index in [0.717, 1.165) is 31.5 Å². The molecule has 0 radical (unpaired) electrons. The number of fused-ring (bicyclic) bond motifs is 4. The smallest absolute Gasteiger partial charge is 0.451 e. The van der Waals surface area contributed by atoms with Crippen LogP contribution in [0, 0.1) is 11.6 Å². The number of aromatic nitrogens is 1. The highest BCUT2D eigenvalue weighted by molar-refractivity contribution is 5.99. The van der Waals surface area contributed by atoms with Crippen molar-refractivity contribution >= 4 is 23.9 Å². The Labute approximate surface area is 225 Å². The molecule has 40 heavy (non-hydrogen) atoms. The molecule has 1 aromatic heterocycles. The minimum Gasteiger partial charge on any atom is -0.451 e. The lowest BCUT2D eigenvalue weighted by Crippen LogP contribution is -2.50. The van der Waals surface area contributed by atoms with Gasteiger partial charge in [0, 0.05) is 43.5 Å². The Morgan fingerprint density at radius 3 is 2.67 bits per heavy atom. The zero-order valence-corrected chi connectivity index (χ0v) is 21.1. The van der Waals surface area contributed by atoms with Gasteiger partial charge in [0.25, 0.3) is 17.7 Å². The zero-order valence-electron chi connectivity index (χ0n) is 21.1. The quantitative estimate of drug-likeness (QED) is 0.341. The van der Waals surface area contributed by atoms with Crippen LogP contribution in [0.1, 0.15) is 39.3 Å². The fourth-order valence-electron chi connectivity index (χ4n) is 5.25. The van der Waals surface area contributed by atoms with Gasteiger partial charge in [-0.05, 0) is 18.9 Å². The lowest BCUT2D eigenvalue weighted by molar-refractivity contribution is -0.122. The van der Waals surface area contributed by atoms with Gasteiger partial charge in [0.15, 0.2) is 12.3 Å². The van der Waals surface area contributed by atoms with Gasteiger partial charge >= 0.3 is 6.16 Å². The monoisotopic (exact) mass is 561 g/mol. The molecule has 2 fully saturated rings. The van der Waals surface area contributed by atoms with Crippen LogP contribution in [0.15, 0.2) is 29.2 Å². The van der Waals surface area contributed by atoms with Gasteiger partial charge < -0.3 is 34.7 Å². The van der Waals surface area contributed by atoms with Crippen LogP contribution in [0.4, 0.5) is 13.6 Å².